The smallest absolute Gasteiger partial charge is 0.339 e. The summed E-state index contributed by atoms with van der Waals surface area (Å²) in [6.07, 6.45) is 8.74. The van der Waals surface area contributed by atoms with Crippen molar-refractivity contribution in [1.29, 1.82) is 0 Å². The first-order valence-corrected chi connectivity index (χ1v) is 17.8. The average molecular weight is 787 g/mol. The number of benzene rings is 3. The van der Waals surface area contributed by atoms with Crippen molar-refractivity contribution in [2.75, 3.05) is 13.1 Å². The van der Waals surface area contributed by atoms with E-state index in [9.17, 15) is 38.4 Å². The first kappa shape index (κ1) is 44.3. The van der Waals surface area contributed by atoms with E-state index in [1.54, 1.807) is 31.2 Å². The lowest BCUT2D eigenvalue weighted by Crippen LogP contribution is -2.30. The second-order valence-corrected chi connectivity index (χ2v) is 12.5. The Labute approximate surface area is 327 Å². The van der Waals surface area contributed by atoms with Gasteiger partial charge in [0, 0.05) is 50.2 Å². The Morgan fingerprint density at radius 1 is 0.544 bits per heavy atom. The van der Waals surface area contributed by atoms with Crippen LogP contribution in [0.1, 0.15) is 77.6 Å². The number of esters is 2. The van der Waals surface area contributed by atoms with Crippen molar-refractivity contribution in [3.63, 3.8) is 0 Å². The van der Waals surface area contributed by atoms with Gasteiger partial charge in [0.15, 0.2) is 0 Å². The summed E-state index contributed by atoms with van der Waals surface area (Å²) in [6, 6.07) is 16.3. The molecule has 0 bridgehead atoms. The number of hydrogen-bond donors (Lipinski definition) is 4. The number of ether oxygens (including phenoxy) is 2. The molecule has 16 nitrogen and oxygen atoms in total. The molecule has 3 aromatic carbocycles. The van der Waals surface area contributed by atoms with Gasteiger partial charge < -0.3 is 29.9 Å². The molecular formula is C41H42N2O14. The Morgan fingerprint density at radius 3 is 1.28 bits per heavy atom. The standard InChI is InChI=1S/2C17H17NO6.C7H8O2/c2*19-14-9-10-15(20)18(14)11-5-1-2-8-16(21)24-13-7-4-3-6-12(13)17(22)23;1-5-4-6(8)2-3-7(5)9/h2*3-4,6-7,9-10H,1-2,5,8,11H2,(H,22,23);2-4,8-9H,1H3. The predicted molar refractivity (Wildman–Crippen MR) is 201 cm³/mol. The zero-order valence-electron chi connectivity index (χ0n) is 31.0. The number of phenolic OH excluding ortho intramolecular Hbond substituents is 2. The number of imide groups is 2. The van der Waals surface area contributed by atoms with E-state index in [0.717, 1.165) is 9.80 Å². The van der Waals surface area contributed by atoms with Crippen LogP contribution in [0.2, 0.25) is 0 Å². The van der Waals surface area contributed by atoms with Crippen molar-refractivity contribution in [2.24, 2.45) is 0 Å². The molecule has 2 aliphatic heterocycles. The molecule has 2 heterocycles. The van der Waals surface area contributed by atoms with E-state index < -0.39 is 23.9 Å². The summed E-state index contributed by atoms with van der Waals surface area (Å²) in [5.74, 6) is -4.16. The molecule has 2 aliphatic rings. The van der Waals surface area contributed by atoms with Crippen LogP contribution in [0, 0.1) is 6.92 Å². The summed E-state index contributed by atoms with van der Waals surface area (Å²) in [5.41, 5.74) is 0.559. The monoisotopic (exact) mass is 786 g/mol. The summed E-state index contributed by atoms with van der Waals surface area (Å²) in [5, 5.41) is 35.8. The van der Waals surface area contributed by atoms with E-state index in [0.29, 0.717) is 57.2 Å². The molecule has 16 heteroatoms. The average Bonchev–Trinajstić information content (AvgIpc) is 3.67. The zero-order valence-corrected chi connectivity index (χ0v) is 31.0. The van der Waals surface area contributed by atoms with Gasteiger partial charge in [-0.25, -0.2) is 9.59 Å². The highest BCUT2D eigenvalue weighted by Gasteiger charge is 2.23. The Balaban J connectivity index is 0.000000251. The van der Waals surface area contributed by atoms with Gasteiger partial charge in [-0.1, -0.05) is 37.1 Å². The third-order valence-corrected chi connectivity index (χ3v) is 8.19. The molecule has 0 unspecified atom stereocenters. The Bertz CT molecular complexity index is 1880. The molecule has 4 N–H and O–H groups in total. The predicted octanol–water partition coefficient (Wildman–Crippen LogP) is 4.96. The lowest BCUT2D eigenvalue weighted by atomic mass is 10.2. The van der Waals surface area contributed by atoms with Crippen molar-refractivity contribution >= 4 is 47.5 Å². The molecule has 0 atom stereocenters. The SMILES string of the molecule is Cc1cc(O)ccc1O.O=C(CCCCCN1C(=O)C=CC1=O)Oc1ccccc1C(=O)O.O=C(CCCCCN1C(=O)C=CC1=O)Oc1ccccc1C(=O)O. The van der Waals surface area contributed by atoms with Crippen LogP contribution in [-0.4, -0.2) is 90.8 Å². The summed E-state index contributed by atoms with van der Waals surface area (Å²) in [7, 11) is 0. The van der Waals surface area contributed by atoms with Gasteiger partial charge in [-0.05, 0) is 80.6 Å². The van der Waals surface area contributed by atoms with E-state index in [-0.39, 0.29) is 70.6 Å². The minimum Gasteiger partial charge on any atom is -0.508 e. The molecule has 0 radical (unpaired) electrons. The maximum absolute atomic E-state index is 11.8. The number of carboxylic acids is 2. The highest BCUT2D eigenvalue weighted by Crippen LogP contribution is 2.21. The number of carbonyl (C=O) groups excluding carboxylic acids is 6. The number of unbranched alkanes of at least 4 members (excludes halogenated alkanes) is 4. The maximum Gasteiger partial charge on any atom is 0.339 e. The van der Waals surface area contributed by atoms with Gasteiger partial charge in [-0.3, -0.25) is 38.6 Å². The van der Waals surface area contributed by atoms with E-state index in [1.165, 1.54) is 66.8 Å². The fraction of sp³-hybridized carbons (Fsp3) is 0.268. The number of carboxylic acid groups (broad SMARTS) is 2. The fourth-order valence-corrected chi connectivity index (χ4v) is 5.19. The van der Waals surface area contributed by atoms with Crippen LogP contribution in [0.4, 0.5) is 0 Å². The summed E-state index contributed by atoms with van der Waals surface area (Å²) in [6.45, 7) is 2.37. The van der Waals surface area contributed by atoms with Crippen LogP contribution in [-0.2, 0) is 28.8 Å². The molecule has 0 aromatic heterocycles. The van der Waals surface area contributed by atoms with Crippen molar-refractivity contribution in [1.82, 2.24) is 9.80 Å². The van der Waals surface area contributed by atoms with Gasteiger partial charge in [-0.2, -0.15) is 0 Å². The van der Waals surface area contributed by atoms with E-state index >= 15 is 0 Å². The molecule has 0 spiro atoms. The number of aromatic carboxylic acids is 2. The summed E-state index contributed by atoms with van der Waals surface area (Å²) in [4.78, 5) is 93.3. The van der Waals surface area contributed by atoms with Gasteiger partial charge in [-0.15, -0.1) is 0 Å². The van der Waals surface area contributed by atoms with Gasteiger partial charge in [0.2, 0.25) is 0 Å². The van der Waals surface area contributed by atoms with Crippen molar-refractivity contribution in [3.05, 3.63) is 108 Å². The lowest BCUT2D eigenvalue weighted by molar-refractivity contribution is -0.138. The first-order valence-electron chi connectivity index (χ1n) is 17.8. The van der Waals surface area contributed by atoms with E-state index in [4.69, 9.17) is 29.9 Å². The lowest BCUT2D eigenvalue weighted by Gasteiger charge is -2.13. The molecule has 0 saturated heterocycles. The third kappa shape index (κ3) is 14.6. The number of amides is 4. The summed E-state index contributed by atoms with van der Waals surface area (Å²) >= 11 is 0. The van der Waals surface area contributed by atoms with Gasteiger partial charge in [0.25, 0.3) is 23.6 Å². The van der Waals surface area contributed by atoms with Gasteiger partial charge in [0.1, 0.15) is 34.1 Å². The van der Waals surface area contributed by atoms with E-state index in [2.05, 4.69) is 0 Å². The second kappa shape index (κ2) is 22.3. The molecule has 57 heavy (non-hydrogen) atoms. The fourth-order valence-electron chi connectivity index (χ4n) is 5.19. The first-order chi connectivity index (χ1) is 27.2. The Hall–Kier alpha value is -7.10. The van der Waals surface area contributed by atoms with Crippen LogP contribution in [0.15, 0.2) is 91.0 Å². The number of phenols is 2. The van der Waals surface area contributed by atoms with Crippen LogP contribution < -0.4 is 9.47 Å². The number of aromatic hydroxyl groups is 2. The number of carbonyl (C=O) groups is 8. The number of para-hydroxylation sites is 2. The summed E-state index contributed by atoms with van der Waals surface area (Å²) < 4.78 is 10.1. The number of nitrogens with zero attached hydrogens (tertiary/aromatic N) is 2. The molecule has 300 valence electrons. The highest BCUT2D eigenvalue weighted by atomic mass is 16.5. The van der Waals surface area contributed by atoms with Crippen molar-refractivity contribution in [3.8, 4) is 23.0 Å². The number of aryl methyl sites for hydroxylation is 1. The largest absolute Gasteiger partial charge is 0.508 e. The van der Waals surface area contributed by atoms with Crippen molar-refractivity contribution in [2.45, 2.75) is 58.3 Å². The molecule has 3 aromatic rings. The molecule has 0 fully saturated rings. The number of rotatable bonds is 16. The maximum atomic E-state index is 11.8. The van der Waals surface area contributed by atoms with Crippen molar-refractivity contribution < 1.29 is 68.3 Å². The molecule has 0 saturated carbocycles. The van der Waals surface area contributed by atoms with Gasteiger partial charge in [0.05, 0.1) is 0 Å². The minimum absolute atomic E-state index is 0.0225. The van der Waals surface area contributed by atoms with Crippen LogP contribution in [0.5, 0.6) is 23.0 Å². The molecule has 0 aliphatic carbocycles. The Kier molecular flexibility index (Phi) is 17.3. The molecular weight excluding hydrogens is 744 g/mol. The quantitative estimate of drug-likeness (QED) is 0.0494. The highest BCUT2D eigenvalue weighted by molar-refractivity contribution is 6.13. The minimum atomic E-state index is -1.16. The molecule has 5 rings (SSSR count). The zero-order chi connectivity index (χ0) is 41.9. The topological polar surface area (TPSA) is 242 Å². The second-order valence-electron chi connectivity index (χ2n) is 12.5. The van der Waals surface area contributed by atoms with Crippen LogP contribution in [0.3, 0.4) is 0 Å². The van der Waals surface area contributed by atoms with E-state index in [1.807, 2.05) is 0 Å². The van der Waals surface area contributed by atoms with Crippen LogP contribution in [0.25, 0.3) is 0 Å². The normalized spacial score (nSPS) is 12.8. The van der Waals surface area contributed by atoms with Gasteiger partial charge >= 0.3 is 23.9 Å². The molecule has 4 amide bonds. The van der Waals surface area contributed by atoms with Crippen LogP contribution >= 0.6 is 0 Å². The Morgan fingerprint density at radius 2 is 0.930 bits per heavy atom. The third-order valence-electron chi connectivity index (χ3n) is 8.19. The number of hydrogen-bond acceptors (Lipinski definition) is 12.